The van der Waals surface area contributed by atoms with Crippen LogP contribution in [0.2, 0.25) is 0 Å². The summed E-state index contributed by atoms with van der Waals surface area (Å²) >= 11 is 0. The van der Waals surface area contributed by atoms with Gasteiger partial charge in [-0.2, -0.15) is 5.26 Å². The summed E-state index contributed by atoms with van der Waals surface area (Å²) in [5.74, 6) is 0.0242. The fourth-order valence-electron chi connectivity index (χ4n) is 3.81. The van der Waals surface area contributed by atoms with Crippen LogP contribution in [0, 0.1) is 17.2 Å². The molecule has 2 atom stereocenters. The molecule has 1 amide bonds. The number of nitrogens with one attached hydrogen (secondary N) is 1. The van der Waals surface area contributed by atoms with E-state index in [0.29, 0.717) is 18.6 Å². The second kappa shape index (κ2) is 8.48. The molecule has 2 fully saturated rings. The molecule has 0 saturated carbocycles. The van der Waals surface area contributed by atoms with Crippen LogP contribution in [0.1, 0.15) is 40.0 Å². The number of hydrogen-bond donors (Lipinski definition) is 1. The van der Waals surface area contributed by atoms with Crippen molar-refractivity contribution in [3.8, 4) is 6.07 Å². The number of likely N-dealkylation sites (N-methyl/N-ethyl adjacent to an activating group) is 1. The van der Waals surface area contributed by atoms with E-state index in [0.717, 1.165) is 19.5 Å². The van der Waals surface area contributed by atoms with Crippen molar-refractivity contribution >= 4 is 5.91 Å². The van der Waals surface area contributed by atoms with Crippen LogP contribution in [-0.4, -0.2) is 85.0 Å². The van der Waals surface area contributed by atoms with Crippen molar-refractivity contribution in [2.24, 2.45) is 5.92 Å². The molecule has 25 heavy (non-hydrogen) atoms. The van der Waals surface area contributed by atoms with Gasteiger partial charge >= 0.3 is 0 Å². The standard InChI is InChI=1S/C19H35N5O/c1-15(2)19(3,14-20)21-18(25)13-23(5)17-8-11-24(12-17)16-6-9-22(4)10-7-16/h15-17H,6-13H2,1-5H3,(H,21,25)/t17-,19+/m1/s1. The Hall–Kier alpha value is -1.16. The first-order valence-electron chi connectivity index (χ1n) is 9.60. The van der Waals surface area contributed by atoms with E-state index in [4.69, 9.17) is 0 Å². The lowest BCUT2D eigenvalue weighted by Gasteiger charge is -2.35. The number of piperidine rings is 1. The maximum Gasteiger partial charge on any atom is 0.235 e. The van der Waals surface area contributed by atoms with Gasteiger partial charge in [0.2, 0.25) is 5.91 Å². The molecule has 0 unspecified atom stereocenters. The Morgan fingerprint density at radius 3 is 2.52 bits per heavy atom. The van der Waals surface area contributed by atoms with Gasteiger partial charge in [0.05, 0.1) is 12.6 Å². The molecule has 2 aliphatic rings. The van der Waals surface area contributed by atoms with Crippen LogP contribution in [0.15, 0.2) is 0 Å². The fourth-order valence-corrected chi connectivity index (χ4v) is 3.81. The number of nitrogens with zero attached hydrogens (tertiary/aromatic N) is 4. The summed E-state index contributed by atoms with van der Waals surface area (Å²) in [6.07, 6.45) is 3.63. The third-order valence-electron chi connectivity index (χ3n) is 6.20. The second-order valence-electron chi connectivity index (χ2n) is 8.40. The van der Waals surface area contributed by atoms with E-state index in [9.17, 15) is 10.1 Å². The normalized spacial score (nSPS) is 25.9. The highest BCUT2D eigenvalue weighted by Crippen LogP contribution is 2.23. The maximum absolute atomic E-state index is 12.4. The van der Waals surface area contributed by atoms with E-state index in [2.05, 4.69) is 33.1 Å². The zero-order chi connectivity index (χ0) is 18.6. The lowest BCUT2D eigenvalue weighted by Crippen LogP contribution is -2.52. The topological polar surface area (TPSA) is 62.6 Å². The summed E-state index contributed by atoms with van der Waals surface area (Å²) in [6.45, 7) is 10.6. The smallest absolute Gasteiger partial charge is 0.235 e. The summed E-state index contributed by atoms with van der Waals surface area (Å²) in [5.41, 5.74) is -0.798. The van der Waals surface area contributed by atoms with E-state index >= 15 is 0 Å². The lowest BCUT2D eigenvalue weighted by molar-refractivity contribution is -0.124. The third kappa shape index (κ3) is 5.16. The van der Waals surface area contributed by atoms with Crippen LogP contribution >= 0.6 is 0 Å². The SMILES string of the molecule is CC(C)[C@](C)(C#N)NC(=O)CN(C)[C@@H]1CCN(C2CCN(C)CC2)C1. The average molecular weight is 350 g/mol. The van der Waals surface area contributed by atoms with E-state index in [-0.39, 0.29) is 11.8 Å². The monoisotopic (exact) mass is 349 g/mol. The molecule has 0 bridgehead atoms. The summed E-state index contributed by atoms with van der Waals surface area (Å²) < 4.78 is 0. The first-order chi connectivity index (χ1) is 11.7. The lowest BCUT2D eigenvalue weighted by atomic mass is 9.90. The quantitative estimate of drug-likeness (QED) is 0.779. The number of carbonyl (C=O) groups excluding carboxylic acids is 1. The minimum atomic E-state index is -0.798. The Balaban J connectivity index is 1.81. The molecule has 0 aromatic rings. The summed E-state index contributed by atoms with van der Waals surface area (Å²) in [4.78, 5) is 19.6. The molecule has 2 saturated heterocycles. The third-order valence-corrected chi connectivity index (χ3v) is 6.20. The number of hydrogen-bond acceptors (Lipinski definition) is 5. The van der Waals surface area contributed by atoms with Gasteiger partial charge in [-0.3, -0.25) is 14.6 Å². The molecule has 142 valence electrons. The first-order valence-corrected chi connectivity index (χ1v) is 9.60. The summed E-state index contributed by atoms with van der Waals surface area (Å²) in [7, 11) is 4.23. The van der Waals surface area contributed by atoms with Crippen molar-refractivity contribution in [1.82, 2.24) is 20.0 Å². The Morgan fingerprint density at radius 2 is 1.96 bits per heavy atom. The van der Waals surface area contributed by atoms with Gasteiger partial charge in [0.1, 0.15) is 5.54 Å². The Bertz CT molecular complexity index is 495. The predicted molar refractivity (Wildman–Crippen MR) is 100 cm³/mol. The van der Waals surface area contributed by atoms with Gasteiger partial charge in [-0.1, -0.05) is 13.8 Å². The molecule has 2 aliphatic heterocycles. The van der Waals surface area contributed by atoms with E-state index in [1.165, 1.54) is 25.9 Å². The highest BCUT2D eigenvalue weighted by atomic mass is 16.2. The molecule has 0 spiro atoms. The molecule has 6 heteroatoms. The van der Waals surface area contributed by atoms with Crippen LogP contribution < -0.4 is 5.32 Å². The van der Waals surface area contributed by atoms with Crippen molar-refractivity contribution in [1.29, 1.82) is 5.26 Å². The molecule has 2 rings (SSSR count). The van der Waals surface area contributed by atoms with Crippen molar-refractivity contribution in [3.63, 3.8) is 0 Å². The molecule has 2 heterocycles. The predicted octanol–water partition coefficient (Wildman–Crippen LogP) is 1.14. The molecular formula is C19H35N5O. The van der Waals surface area contributed by atoms with Crippen LogP contribution in [0.3, 0.4) is 0 Å². The van der Waals surface area contributed by atoms with Gasteiger partial charge in [-0.15, -0.1) is 0 Å². The molecule has 0 aromatic carbocycles. The molecule has 0 aromatic heterocycles. The van der Waals surface area contributed by atoms with Crippen molar-refractivity contribution in [3.05, 3.63) is 0 Å². The number of rotatable bonds is 6. The van der Waals surface area contributed by atoms with Crippen LogP contribution in [0.5, 0.6) is 0 Å². The number of carbonyl (C=O) groups is 1. The van der Waals surface area contributed by atoms with E-state index in [1.807, 2.05) is 20.9 Å². The van der Waals surface area contributed by atoms with Crippen molar-refractivity contribution in [2.75, 3.05) is 46.8 Å². The van der Waals surface area contributed by atoms with Gasteiger partial charge in [0.15, 0.2) is 0 Å². The molecule has 6 nitrogen and oxygen atoms in total. The van der Waals surface area contributed by atoms with Gasteiger partial charge in [-0.25, -0.2) is 0 Å². The average Bonchev–Trinajstić information content (AvgIpc) is 3.05. The van der Waals surface area contributed by atoms with Crippen molar-refractivity contribution < 1.29 is 4.79 Å². The fraction of sp³-hybridized carbons (Fsp3) is 0.895. The van der Waals surface area contributed by atoms with Crippen LogP contribution in [-0.2, 0) is 4.79 Å². The zero-order valence-corrected chi connectivity index (χ0v) is 16.6. The number of amides is 1. The molecule has 0 radical (unpaired) electrons. The van der Waals surface area contributed by atoms with Crippen LogP contribution in [0.4, 0.5) is 0 Å². The summed E-state index contributed by atoms with van der Waals surface area (Å²) in [5, 5.41) is 12.3. The number of nitriles is 1. The van der Waals surface area contributed by atoms with Crippen LogP contribution in [0.25, 0.3) is 0 Å². The Morgan fingerprint density at radius 1 is 1.32 bits per heavy atom. The minimum Gasteiger partial charge on any atom is -0.337 e. The minimum absolute atomic E-state index is 0.0574. The largest absolute Gasteiger partial charge is 0.337 e. The summed E-state index contributed by atoms with van der Waals surface area (Å²) in [6, 6.07) is 3.37. The van der Waals surface area contributed by atoms with E-state index < -0.39 is 5.54 Å². The van der Waals surface area contributed by atoms with Gasteiger partial charge in [-0.05, 0) is 59.3 Å². The first kappa shape index (κ1) is 20.2. The highest BCUT2D eigenvalue weighted by molar-refractivity contribution is 5.79. The van der Waals surface area contributed by atoms with Gasteiger partial charge in [0, 0.05) is 25.2 Å². The van der Waals surface area contributed by atoms with Crippen molar-refractivity contribution in [2.45, 2.75) is 57.7 Å². The maximum atomic E-state index is 12.4. The molecule has 1 N–H and O–H groups in total. The Kier molecular flexibility index (Phi) is 6.84. The van der Waals surface area contributed by atoms with Gasteiger partial charge in [0.25, 0.3) is 0 Å². The number of likely N-dealkylation sites (tertiary alicyclic amines) is 2. The Labute approximate surface area is 153 Å². The molecular weight excluding hydrogens is 314 g/mol. The highest BCUT2D eigenvalue weighted by Gasteiger charge is 2.34. The molecule has 0 aliphatic carbocycles. The zero-order valence-electron chi connectivity index (χ0n) is 16.6. The van der Waals surface area contributed by atoms with E-state index in [1.54, 1.807) is 6.92 Å². The second-order valence-corrected chi connectivity index (χ2v) is 8.40. The van der Waals surface area contributed by atoms with Gasteiger partial charge < -0.3 is 10.2 Å².